The maximum absolute atomic E-state index is 10.3. The summed E-state index contributed by atoms with van der Waals surface area (Å²) in [6.07, 6.45) is 1.31. The molecule has 1 atom stereocenters. The minimum absolute atomic E-state index is 0.424. The number of rotatable bonds is 4. The molecule has 0 fully saturated rings. The molecule has 2 N–H and O–H groups in total. The standard InChI is InChI=1S/C10H13NO2/c1-13-10-4-2-3-8(6-10)5-9(11)7-12/h2-4,6-7,9H,5,11H2,1H3. The fraction of sp³-hybridized carbons (Fsp3) is 0.300. The summed E-state index contributed by atoms with van der Waals surface area (Å²) < 4.78 is 5.04. The molecule has 1 unspecified atom stereocenters. The van der Waals surface area contributed by atoms with E-state index in [4.69, 9.17) is 10.5 Å². The van der Waals surface area contributed by atoms with Crippen molar-refractivity contribution in [1.82, 2.24) is 0 Å². The fourth-order valence-electron chi connectivity index (χ4n) is 1.12. The van der Waals surface area contributed by atoms with Gasteiger partial charge in [-0.2, -0.15) is 0 Å². The van der Waals surface area contributed by atoms with Crippen LogP contribution in [0, 0.1) is 0 Å². The zero-order chi connectivity index (χ0) is 9.68. The van der Waals surface area contributed by atoms with Gasteiger partial charge in [0, 0.05) is 0 Å². The van der Waals surface area contributed by atoms with Crippen LogP contribution in [0.25, 0.3) is 0 Å². The highest BCUT2D eigenvalue weighted by atomic mass is 16.5. The summed E-state index contributed by atoms with van der Waals surface area (Å²) in [4.78, 5) is 10.3. The van der Waals surface area contributed by atoms with E-state index in [-0.39, 0.29) is 0 Å². The Morgan fingerprint density at radius 3 is 3.00 bits per heavy atom. The van der Waals surface area contributed by atoms with Gasteiger partial charge >= 0.3 is 0 Å². The third kappa shape index (κ3) is 2.87. The van der Waals surface area contributed by atoms with Crippen molar-refractivity contribution in [3.8, 4) is 5.75 Å². The smallest absolute Gasteiger partial charge is 0.137 e. The van der Waals surface area contributed by atoms with Gasteiger partial charge in [-0.3, -0.25) is 0 Å². The van der Waals surface area contributed by atoms with Gasteiger partial charge < -0.3 is 15.3 Å². The Morgan fingerprint density at radius 1 is 1.62 bits per heavy atom. The zero-order valence-corrected chi connectivity index (χ0v) is 7.57. The molecule has 0 spiro atoms. The number of hydrogen-bond donors (Lipinski definition) is 1. The Hall–Kier alpha value is -1.35. The topological polar surface area (TPSA) is 52.3 Å². The van der Waals surface area contributed by atoms with Gasteiger partial charge in [0.2, 0.25) is 0 Å². The summed E-state index contributed by atoms with van der Waals surface area (Å²) in [7, 11) is 1.61. The van der Waals surface area contributed by atoms with Crippen molar-refractivity contribution in [3.05, 3.63) is 29.8 Å². The van der Waals surface area contributed by atoms with Crippen LogP contribution in [-0.4, -0.2) is 19.4 Å². The van der Waals surface area contributed by atoms with E-state index in [1.807, 2.05) is 24.3 Å². The zero-order valence-electron chi connectivity index (χ0n) is 7.57. The molecule has 0 aliphatic rings. The molecule has 1 aromatic rings. The molecule has 0 amide bonds. The second kappa shape index (κ2) is 4.62. The lowest BCUT2D eigenvalue weighted by Gasteiger charge is -2.05. The van der Waals surface area contributed by atoms with E-state index < -0.39 is 6.04 Å². The molecule has 70 valence electrons. The van der Waals surface area contributed by atoms with Gasteiger partial charge in [-0.15, -0.1) is 0 Å². The predicted octanol–water partition coefficient (Wildman–Crippen LogP) is 0.764. The van der Waals surface area contributed by atoms with E-state index in [2.05, 4.69) is 0 Å². The molecule has 0 aliphatic carbocycles. The van der Waals surface area contributed by atoms with E-state index in [0.29, 0.717) is 6.42 Å². The Labute approximate surface area is 77.5 Å². The average Bonchev–Trinajstić information content (AvgIpc) is 2.18. The van der Waals surface area contributed by atoms with Gasteiger partial charge in [-0.25, -0.2) is 0 Å². The van der Waals surface area contributed by atoms with Crippen LogP contribution in [0.5, 0.6) is 5.75 Å². The summed E-state index contributed by atoms with van der Waals surface area (Å²) >= 11 is 0. The molecular weight excluding hydrogens is 166 g/mol. The van der Waals surface area contributed by atoms with Gasteiger partial charge in [0.05, 0.1) is 13.2 Å². The molecule has 0 aromatic heterocycles. The van der Waals surface area contributed by atoms with E-state index in [0.717, 1.165) is 17.6 Å². The number of aldehydes is 1. The van der Waals surface area contributed by atoms with Crippen molar-refractivity contribution >= 4 is 6.29 Å². The SMILES string of the molecule is COc1cccc(CC(N)C=O)c1. The lowest BCUT2D eigenvalue weighted by Crippen LogP contribution is -2.23. The third-order valence-corrected chi connectivity index (χ3v) is 1.78. The minimum Gasteiger partial charge on any atom is -0.497 e. The summed E-state index contributed by atoms with van der Waals surface area (Å²) in [5, 5.41) is 0. The van der Waals surface area contributed by atoms with E-state index in [1.54, 1.807) is 7.11 Å². The van der Waals surface area contributed by atoms with Gasteiger partial charge in [0.1, 0.15) is 12.0 Å². The van der Waals surface area contributed by atoms with Crippen LogP contribution in [0.3, 0.4) is 0 Å². The molecule has 13 heavy (non-hydrogen) atoms. The van der Waals surface area contributed by atoms with Crippen LogP contribution >= 0.6 is 0 Å². The van der Waals surface area contributed by atoms with E-state index in [1.165, 1.54) is 0 Å². The molecule has 0 radical (unpaired) electrons. The Bertz CT molecular complexity index is 286. The summed E-state index contributed by atoms with van der Waals surface area (Å²) in [5.74, 6) is 0.788. The van der Waals surface area contributed by atoms with Crippen molar-refractivity contribution in [3.63, 3.8) is 0 Å². The van der Waals surface area contributed by atoms with Crippen molar-refractivity contribution in [2.45, 2.75) is 12.5 Å². The van der Waals surface area contributed by atoms with Crippen LogP contribution in [0.2, 0.25) is 0 Å². The number of nitrogens with two attached hydrogens (primary N) is 1. The van der Waals surface area contributed by atoms with Crippen LogP contribution in [0.1, 0.15) is 5.56 Å². The number of ether oxygens (including phenoxy) is 1. The molecule has 0 aliphatic heterocycles. The molecule has 0 saturated heterocycles. The lowest BCUT2D eigenvalue weighted by atomic mass is 10.1. The van der Waals surface area contributed by atoms with Crippen LogP contribution in [0.4, 0.5) is 0 Å². The number of hydrogen-bond acceptors (Lipinski definition) is 3. The van der Waals surface area contributed by atoms with Crippen LogP contribution in [0.15, 0.2) is 24.3 Å². The predicted molar refractivity (Wildman–Crippen MR) is 50.7 cm³/mol. The number of carbonyl (C=O) groups is 1. The second-order valence-corrected chi connectivity index (χ2v) is 2.86. The molecule has 3 heteroatoms. The monoisotopic (exact) mass is 179 g/mol. The first-order chi connectivity index (χ1) is 6.26. The number of benzene rings is 1. The largest absolute Gasteiger partial charge is 0.497 e. The van der Waals surface area contributed by atoms with Gasteiger partial charge in [0.15, 0.2) is 0 Å². The summed E-state index contributed by atoms with van der Waals surface area (Å²) in [5.41, 5.74) is 6.50. The molecule has 0 saturated carbocycles. The molecule has 0 bridgehead atoms. The van der Waals surface area contributed by atoms with Crippen LogP contribution < -0.4 is 10.5 Å². The highest BCUT2D eigenvalue weighted by Gasteiger charge is 2.02. The minimum atomic E-state index is -0.424. The first kappa shape index (κ1) is 9.74. The fourth-order valence-corrected chi connectivity index (χ4v) is 1.12. The Morgan fingerprint density at radius 2 is 2.38 bits per heavy atom. The summed E-state index contributed by atoms with van der Waals surface area (Å²) in [6.45, 7) is 0. The number of methoxy groups -OCH3 is 1. The summed E-state index contributed by atoms with van der Waals surface area (Å²) in [6, 6.07) is 7.11. The Kier molecular flexibility index (Phi) is 3.46. The molecular formula is C10H13NO2. The van der Waals surface area contributed by atoms with Gasteiger partial charge in [-0.1, -0.05) is 12.1 Å². The molecule has 0 heterocycles. The quantitative estimate of drug-likeness (QED) is 0.694. The van der Waals surface area contributed by atoms with E-state index >= 15 is 0 Å². The van der Waals surface area contributed by atoms with Crippen molar-refractivity contribution < 1.29 is 9.53 Å². The molecule has 3 nitrogen and oxygen atoms in total. The second-order valence-electron chi connectivity index (χ2n) is 2.86. The maximum Gasteiger partial charge on any atom is 0.137 e. The lowest BCUT2D eigenvalue weighted by molar-refractivity contribution is -0.108. The van der Waals surface area contributed by atoms with Gasteiger partial charge in [0.25, 0.3) is 0 Å². The highest BCUT2D eigenvalue weighted by molar-refractivity contribution is 5.57. The first-order valence-corrected chi connectivity index (χ1v) is 4.10. The van der Waals surface area contributed by atoms with Gasteiger partial charge in [-0.05, 0) is 24.1 Å². The average molecular weight is 179 g/mol. The van der Waals surface area contributed by atoms with E-state index in [9.17, 15) is 4.79 Å². The van der Waals surface area contributed by atoms with Crippen LogP contribution in [-0.2, 0) is 11.2 Å². The number of carbonyl (C=O) groups excluding carboxylic acids is 1. The third-order valence-electron chi connectivity index (χ3n) is 1.78. The van der Waals surface area contributed by atoms with Crippen molar-refractivity contribution in [2.24, 2.45) is 5.73 Å². The first-order valence-electron chi connectivity index (χ1n) is 4.10. The maximum atomic E-state index is 10.3. The molecule has 1 aromatic carbocycles. The van der Waals surface area contributed by atoms with Crippen molar-refractivity contribution in [1.29, 1.82) is 0 Å². The normalized spacial score (nSPS) is 12.2. The molecule has 1 rings (SSSR count). The highest BCUT2D eigenvalue weighted by Crippen LogP contribution is 2.13. The van der Waals surface area contributed by atoms with Crippen molar-refractivity contribution in [2.75, 3.05) is 7.11 Å². The Balaban J connectivity index is 2.71.